The van der Waals surface area contributed by atoms with Gasteiger partial charge in [0.15, 0.2) is 0 Å². The summed E-state index contributed by atoms with van der Waals surface area (Å²) < 4.78 is 0. The molecule has 1 aromatic rings. The van der Waals surface area contributed by atoms with Crippen LogP contribution in [0.25, 0.3) is 0 Å². The topological polar surface area (TPSA) is 46.5 Å². The number of amides is 1. The van der Waals surface area contributed by atoms with E-state index in [1.165, 1.54) is 6.42 Å². The highest BCUT2D eigenvalue weighted by atomic mass is 16.3. The Morgan fingerprint density at radius 3 is 2.65 bits per heavy atom. The highest BCUT2D eigenvalue weighted by molar-refractivity contribution is 5.96. The van der Waals surface area contributed by atoms with E-state index in [1.807, 2.05) is 19.1 Å². The molecule has 0 aromatic heterocycles. The van der Waals surface area contributed by atoms with Gasteiger partial charge in [0.2, 0.25) is 0 Å². The fraction of sp³-hybridized carbons (Fsp3) is 0.500. The summed E-state index contributed by atoms with van der Waals surface area (Å²) in [6.45, 7) is 6.21. The lowest BCUT2D eigenvalue weighted by Gasteiger charge is -2.07. The molecule has 0 atom stereocenters. The van der Waals surface area contributed by atoms with Gasteiger partial charge in [-0.3, -0.25) is 4.79 Å². The van der Waals surface area contributed by atoms with Crippen molar-refractivity contribution in [3.05, 3.63) is 39.8 Å². The summed E-state index contributed by atoms with van der Waals surface area (Å²) in [5, 5.41) is 2.48. The van der Waals surface area contributed by atoms with E-state index in [-0.39, 0.29) is 0 Å². The van der Waals surface area contributed by atoms with E-state index in [1.54, 1.807) is 6.07 Å². The molecular formula is C14H19NO2. The molecule has 17 heavy (non-hydrogen) atoms. The number of nitroso groups, excluding NO2 is 1. The Labute approximate surface area is 102 Å². The van der Waals surface area contributed by atoms with Crippen molar-refractivity contribution in [3.8, 4) is 0 Å². The number of nitrogens with zero attached hydrogens (tertiary/aromatic N) is 1. The highest BCUT2D eigenvalue weighted by Crippen LogP contribution is 2.15. The molecule has 92 valence electrons. The van der Waals surface area contributed by atoms with E-state index in [0.29, 0.717) is 11.5 Å². The third kappa shape index (κ3) is 4.10. The molecule has 0 bridgehead atoms. The van der Waals surface area contributed by atoms with Gasteiger partial charge in [0, 0.05) is 10.7 Å². The summed E-state index contributed by atoms with van der Waals surface area (Å²) in [4.78, 5) is 21.6. The largest absolute Gasteiger partial charge is 0.317 e. The van der Waals surface area contributed by atoms with Crippen LogP contribution in [0.2, 0.25) is 0 Å². The molecule has 0 N–H and O–H groups in total. The molecule has 0 heterocycles. The van der Waals surface area contributed by atoms with Crippen LogP contribution in [-0.2, 0) is 6.42 Å². The van der Waals surface area contributed by atoms with Crippen LogP contribution >= 0.6 is 0 Å². The lowest BCUT2D eigenvalue weighted by molar-refractivity contribution is 0.1000. The van der Waals surface area contributed by atoms with Crippen molar-refractivity contribution < 1.29 is 4.79 Å². The summed E-state index contributed by atoms with van der Waals surface area (Å²) in [5.74, 6) is 0.0198. The molecule has 3 heteroatoms. The van der Waals surface area contributed by atoms with Gasteiger partial charge in [-0.2, -0.15) is 0 Å². The molecule has 0 saturated carbocycles. The molecule has 1 rings (SSSR count). The Kier molecular flexibility index (Phi) is 5.01. The predicted octanol–water partition coefficient (Wildman–Crippen LogP) is 3.88. The van der Waals surface area contributed by atoms with E-state index < -0.39 is 5.91 Å². The first-order chi connectivity index (χ1) is 8.04. The van der Waals surface area contributed by atoms with Gasteiger partial charge in [0.25, 0.3) is 0 Å². The molecule has 0 aliphatic heterocycles. The zero-order chi connectivity index (χ0) is 12.8. The maximum Gasteiger partial charge on any atom is 0.317 e. The van der Waals surface area contributed by atoms with Crippen molar-refractivity contribution in [2.45, 2.75) is 40.0 Å². The summed E-state index contributed by atoms with van der Waals surface area (Å²) in [5.41, 5.74) is 2.34. The van der Waals surface area contributed by atoms with Gasteiger partial charge in [0.1, 0.15) is 0 Å². The van der Waals surface area contributed by atoms with Gasteiger partial charge >= 0.3 is 5.91 Å². The van der Waals surface area contributed by atoms with E-state index >= 15 is 0 Å². The first kappa shape index (κ1) is 13.6. The third-order valence-electron chi connectivity index (χ3n) is 2.86. The quantitative estimate of drug-likeness (QED) is 0.724. The minimum Gasteiger partial charge on any atom is -0.263 e. The average Bonchev–Trinajstić information content (AvgIpc) is 2.30. The van der Waals surface area contributed by atoms with Crippen molar-refractivity contribution >= 4 is 5.91 Å². The second-order valence-corrected chi connectivity index (χ2v) is 4.83. The zero-order valence-corrected chi connectivity index (χ0v) is 10.7. The van der Waals surface area contributed by atoms with Crippen LogP contribution in [0.4, 0.5) is 0 Å². The van der Waals surface area contributed by atoms with Gasteiger partial charge in [-0.15, -0.1) is 4.91 Å². The molecule has 3 nitrogen and oxygen atoms in total. The zero-order valence-electron chi connectivity index (χ0n) is 10.7. The van der Waals surface area contributed by atoms with Crippen molar-refractivity contribution in [1.29, 1.82) is 0 Å². The molecule has 0 aliphatic carbocycles. The summed E-state index contributed by atoms with van der Waals surface area (Å²) in [6, 6.07) is 5.68. The number of carbonyl (C=O) groups excluding carboxylic acids is 1. The Hall–Kier alpha value is -1.51. The Morgan fingerprint density at radius 2 is 2.06 bits per heavy atom. The maximum absolute atomic E-state index is 11.3. The average molecular weight is 233 g/mol. The van der Waals surface area contributed by atoms with Crippen molar-refractivity contribution in [1.82, 2.24) is 0 Å². The van der Waals surface area contributed by atoms with Gasteiger partial charge in [-0.25, -0.2) is 0 Å². The molecule has 1 amide bonds. The van der Waals surface area contributed by atoms with E-state index in [0.717, 1.165) is 24.0 Å². The van der Waals surface area contributed by atoms with Crippen molar-refractivity contribution in [3.63, 3.8) is 0 Å². The summed E-state index contributed by atoms with van der Waals surface area (Å²) in [7, 11) is 0. The number of carbonyl (C=O) groups is 1. The second kappa shape index (κ2) is 6.28. The monoisotopic (exact) mass is 233 g/mol. The fourth-order valence-corrected chi connectivity index (χ4v) is 1.82. The van der Waals surface area contributed by atoms with Gasteiger partial charge < -0.3 is 0 Å². The Bertz CT molecular complexity index is 411. The molecule has 0 radical (unpaired) electrons. The van der Waals surface area contributed by atoms with Crippen LogP contribution in [-0.4, -0.2) is 5.91 Å². The molecule has 0 spiro atoms. The van der Waals surface area contributed by atoms with Crippen LogP contribution in [0.5, 0.6) is 0 Å². The van der Waals surface area contributed by atoms with Crippen LogP contribution in [0.15, 0.2) is 23.4 Å². The number of rotatable bonds is 5. The number of aryl methyl sites for hydroxylation is 2. The van der Waals surface area contributed by atoms with E-state index in [9.17, 15) is 9.70 Å². The molecule has 0 aliphatic rings. The fourth-order valence-electron chi connectivity index (χ4n) is 1.82. The Balaban J connectivity index is 2.75. The van der Waals surface area contributed by atoms with E-state index in [4.69, 9.17) is 0 Å². The predicted molar refractivity (Wildman–Crippen MR) is 69.1 cm³/mol. The van der Waals surface area contributed by atoms with Crippen LogP contribution in [0.1, 0.15) is 48.2 Å². The third-order valence-corrected chi connectivity index (χ3v) is 2.86. The molecule has 0 unspecified atom stereocenters. The van der Waals surface area contributed by atoms with E-state index in [2.05, 4.69) is 19.0 Å². The number of benzene rings is 1. The minimum atomic E-state index is -0.673. The molecular weight excluding hydrogens is 214 g/mol. The Morgan fingerprint density at radius 1 is 1.35 bits per heavy atom. The lowest BCUT2D eigenvalue weighted by atomic mass is 9.99. The first-order valence-electron chi connectivity index (χ1n) is 6.01. The maximum atomic E-state index is 11.3. The lowest BCUT2D eigenvalue weighted by Crippen LogP contribution is -1.99. The van der Waals surface area contributed by atoms with Crippen molar-refractivity contribution in [2.75, 3.05) is 0 Å². The van der Waals surface area contributed by atoms with Gasteiger partial charge in [-0.1, -0.05) is 32.4 Å². The SMILES string of the molecule is Cc1ccc(CCCC(C)C)cc1C(=O)N=O. The van der Waals surface area contributed by atoms with Gasteiger partial charge in [-0.05, 0) is 42.9 Å². The standard InChI is InChI=1S/C14H19NO2/c1-10(2)5-4-6-12-8-7-11(3)13(9-12)14(16)15-17/h7-10H,4-6H2,1-3H3. The highest BCUT2D eigenvalue weighted by Gasteiger charge is 2.09. The van der Waals surface area contributed by atoms with Gasteiger partial charge in [0.05, 0.1) is 0 Å². The number of hydrogen-bond donors (Lipinski definition) is 0. The number of hydrogen-bond acceptors (Lipinski definition) is 2. The van der Waals surface area contributed by atoms with Crippen LogP contribution < -0.4 is 0 Å². The first-order valence-corrected chi connectivity index (χ1v) is 6.01. The van der Waals surface area contributed by atoms with Crippen molar-refractivity contribution in [2.24, 2.45) is 11.1 Å². The smallest absolute Gasteiger partial charge is 0.263 e. The normalized spacial score (nSPS) is 10.6. The second-order valence-electron chi connectivity index (χ2n) is 4.83. The minimum absolute atomic E-state index is 0.432. The summed E-state index contributed by atoms with van der Waals surface area (Å²) >= 11 is 0. The summed E-state index contributed by atoms with van der Waals surface area (Å²) in [6.07, 6.45) is 3.21. The van der Waals surface area contributed by atoms with Crippen LogP contribution in [0.3, 0.4) is 0 Å². The van der Waals surface area contributed by atoms with Crippen LogP contribution in [0, 0.1) is 17.7 Å². The molecule has 1 aromatic carbocycles. The molecule has 0 saturated heterocycles. The molecule has 0 fully saturated rings.